The Labute approximate surface area is 119 Å². The molecule has 1 aromatic heterocycles. The number of nitrogens with one attached hydrogen (secondary N) is 1. The van der Waals surface area contributed by atoms with Gasteiger partial charge in [-0.2, -0.15) is 0 Å². The summed E-state index contributed by atoms with van der Waals surface area (Å²) in [5.41, 5.74) is 2.48. The molecule has 2 aromatic rings. The van der Waals surface area contributed by atoms with Crippen LogP contribution >= 0.6 is 38.9 Å². The molecule has 4 heteroatoms. The standard InChI is InChI=1S/C13H13BrClNS/c1-8-3-4-9(7-10(8)14)13(16-2)11-5-6-12(15)17-11/h3-7,13,16H,1-2H3. The molecule has 0 bridgehead atoms. The molecule has 2 rings (SSSR count). The van der Waals surface area contributed by atoms with E-state index < -0.39 is 0 Å². The van der Waals surface area contributed by atoms with Crippen LogP contribution in [0, 0.1) is 6.92 Å². The van der Waals surface area contributed by atoms with Crippen molar-refractivity contribution >= 4 is 38.9 Å². The highest BCUT2D eigenvalue weighted by Crippen LogP contribution is 2.32. The lowest BCUT2D eigenvalue weighted by atomic mass is 10.0. The van der Waals surface area contributed by atoms with Crippen LogP contribution in [-0.4, -0.2) is 7.05 Å². The fraction of sp³-hybridized carbons (Fsp3) is 0.231. The summed E-state index contributed by atoms with van der Waals surface area (Å²) in [5.74, 6) is 0. The highest BCUT2D eigenvalue weighted by atomic mass is 79.9. The largest absolute Gasteiger partial charge is 0.309 e. The van der Waals surface area contributed by atoms with Crippen molar-refractivity contribution in [1.82, 2.24) is 5.32 Å². The summed E-state index contributed by atoms with van der Waals surface area (Å²) in [5, 5.41) is 3.33. The number of aryl methyl sites for hydroxylation is 1. The van der Waals surface area contributed by atoms with Gasteiger partial charge in [-0.05, 0) is 43.3 Å². The molecule has 1 unspecified atom stereocenters. The van der Waals surface area contributed by atoms with Crippen molar-refractivity contribution in [3.05, 3.63) is 55.1 Å². The second-order valence-electron chi connectivity index (χ2n) is 3.87. The molecule has 0 aliphatic carbocycles. The third-order valence-electron chi connectivity index (χ3n) is 2.70. The van der Waals surface area contributed by atoms with Crippen molar-refractivity contribution in [1.29, 1.82) is 0 Å². The molecule has 0 saturated carbocycles. The molecule has 0 saturated heterocycles. The van der Waals surface area contributed by atoms with Gasteiger partial charge >= 0.3 is 0 Å². The minimum absolute atomic E-state index is 0.199. The van der Waals surface area contributed by atoms with Gasteiger partial charge in [0.1, 0.15) is 0 Å². The minimum Gasteiger partial charge on any atom is -0.309 e. The Balaban J connectivity index is 2.38. The summed E-state index contributed by atoms with van der Waals surface area (Å²) in [6.45, 7) is 2.09. The molecule has 0 aliphatic rings. The lowest BCUT2D eigenvalue weighted by molar-refractivity contribution is 0.703. The van der Waals surface area contributed by atoms with Gasteiger partial charge in [0.15, 0.2) is 0 Å². The monoisotopic (exact) mass is 329 g/mol. The zero-order valence-corrected chi connectivity index (χ0v) is 12.8. The Morgan fingerprint density at radius 3 is 2.59 bits per heavy atom. The first-order valence-corrected chi connectivity index (χ1v) is 7.29. The summed E-state index contributed by atoms with van der Waals surface area (Å²) < 4.78 is 1.96. The lowest BCUT2D eigenvalue weighted by Gasteiger charge is -2.16. The molecule has 0 spiro atoms. The summed E-state index contributed by atoms with van der Waals surface area (Å²) in [4.78, 5) is 1.23. The van der Waals surface area contributed by atoms with E-state index in [1.165, 1.54) is 16.0 Å². The van der Waals surface area contributed by atoms with Gasteiger partial charge in [0.05, 0.1) is 10.4 Å². The van der Waals surface area contributed by atoms with Crippen LogP contribution in [0.2, 0.25) is 4.34 Å². The van der Waals surface area contributed by atoms with Crippen LogP contribution in [0.1, 0.15) is 22.0 Å². The fourth-order valence-electron chi connectivity index (χ4n) is 1.75. The van der Waals surface area contributed by atoms with E-state index in [9.17, 15) is 0 Å². The Hall–Kier alpha value is -0.350. The Kier molecular flexibility index (Phi) is 4.26. The van der Waals surface area contributed by atoms with Crippen molar-refractivity contribution in [2.24, 2.45) is 0 Å². The van der Waals surface area contributed by atoms with Gasteiger partial charge in [0.25, 0.3) is 0 Å². The molecule has 0 radical (unpaired) electrons. The zero-order valence-electron chi connectivity index (χ0n) is 9.63. The Bertz CT molecular complexity index is 524. The quantitative estimate of drug-likeness (QED) is 0.854. The van der Waals surface area contributed by atoms with E-state index >= 15 is 0 Å². The number of halogens is 2. The maximum absolute atomic E-state index is 5.99. The first kappa shape index (κ1) is 13.1. The van der Waals surface area contributed by atoms with Crippen molar-refractivity contribution in [2.75, 3.05) is 7.05 Å². The normalized spacial score (nSPS) is 12.7. The fourth-order valence-corrected chi connectivity index (χ4v) is 3.34. The third kappa shape index (κ3) is 2.91. The predicted octanol–water partition coefficient (Wildman–Crippen LogP) is 4.78. The van der Waals surface area contributed by atoms with E-state index in [4.69, 9.17) is 11.6 Å². The van der Waals surface area contributed by atoms with Crippen LogP contribution in [0.4, 0.5) is 0 Å². The van der Waals surface area contributed by atoms with E-state index in [1.54, 1.807) is 11.3 Å². The highest BCUT2D eigenvalue weighted by Gasteiger charge is 2.14. The smallest absolute Gasteiger partial charge is 0.0931 e. The molecule has 0 amide bonds. The summed E-state index contributed by atoms with van der Waals surface area (Å²) in [7, 11) is 1.96. The summed E-state index contributed by atoms with van der Waals surface area (Å²) in [6.07, 6.45) is 0. The topological polar surface area (TPSA) is 12.0 Å². The van der Waals surface area contributed by atoms with Crippen molar-refractivity contribution < 1.29 is 0 Å². The predicted molar refractivity (Wildman–Crippen MR) is 79.1 cm³/mol. The third-order valence-corrected chi connectivity index (χ3v) is 4.85. The van der Waals surface area contributed by atoms with Crippen LogP contribution < -0.4 is 5.32 Å². The number of thiophene rings is 1. The molecule has 90 valence electrons. The van der Waals surface area contributed by atoms with Gasteiger partial charge in [0.2, 0.25) is 0 Å². The van der Waals surface area contributed by atoms with Crippen LogP contribution in [0.3, 0.4) is 0 Å². The lowest BCUT2D eigenvalue weighted by Crippen LogP contribution is -2.16. The van der Waals surface area contributed by atoms with Crippen molar-refractivity contribution in [3.63, 3.8) is 0 Å². The molecule has 0 fully saturated rings. The molecule has 1 heterocycles. The second kappa shape index (κ2) is 5.53. The molecular formula is C13H13BrClNS. The number of hydrogen-bond acceptors (Lipinski definition) is 2. The van der Waals surface area contributed by atoms with Gasteiger partial charge in [-0.1, -0.05) is 39.7 Å². The van der Waals surface area contributed by atoms with Gasteiger partial charge in [-0.25, -0.2) is 0 Å². The van der Waals surface area contributed by atoms with Crippen molar-refractivity contribution in [2.45, 2.75) is 13.0 Å². The average Bonchev–Trinajstić information content (AvgIpc) is 2.71. The van der Waals surface area contributed by atoms with Gasteiger partial charge < -0.3 is 5.32 Å². The maximum atomic E-state index is 5.99. The van der Waals surface area contributed by atoms with Crippen LogP contribution in [0.15, 0.2) is 34.8 Å². The zero-order chi connectivity index (χ0) is 12.4. The van der Waals surface area contributed by atoms with Crippen LogP contribution in [-0.2, 0) is 0 Å². The molecule has 1 atom stereocenters. The SMILES string of the molecule is CNC(c1ccc(C)c(Br)c1)c1ccc(Cl)s1. The van der Waals surface area contributed by atoms with E-state index in [0.717, 1.165) is 8.81 Å². The molecule has 0 aliphatic heterocycles. The summed E-state index contributed by atoms with van der Waals surface area (Å²) in [6, 6.07) is 10.6. The molecule has 1 nitrogen and oxygen atoms in total. The average molecular weight is 331 g/mol. The number of hydrogen-bond donors (Lipinski definition) is 1. The molecule has 17 heavy (non-hydrogen) atoms. The van der Waals surface area contributed by atoms with E-state index in [2.05, 4.69) is 52.4 Å². The highest BCUT2D eigenvalue weighted by molar-refractivity contribution is 9.10. The first-order valence-electron chi connectivity index (χ1n) is 5.30. The van der Waals surface area contributed by atoms with Gasteiger partial charge in [0, 0.05) is 9.35 Å². The summed E-state index contributed by atoms with van der Waals surface area (Å²) >= 11 is 11.2. The minimum atomic E-state index is 0.199. The maximum Gasteiger partial charge on any atom is 0.0931 e. The first-order chi connectivity index (χ1) is 8.11. The van der Waals surface area contributed by atoms with E-state index in [0.29, 0.717) is 0 Å². The second-order valence-corrected chi connectivity index (χ2v) is 6.47. The number of rotatable bonds is 3. The Morgan fingerprint density at radius 2 is 2.06 bits per heavy atom. The van der Waals surface area contributed by atoms with Gasteiger partial charge in [-0.3, -0.25) is 0 Å². The van der Waals surface area contributed by atoms with Crippen LogP contribution in [0.5, 0.6) is 0 Å². The van der Waals surface area contributed by atoms with Crippen LogP contribution in [0.25, 0.3) is 0 Å². The molecule has 1 N–H and O–H groups in total. The van der Waals surface area contributed by atoms with E-state index in [-0.39, 0.29) is 6.04 Å². The number of benzene rings is 1. The van der Waals surface area contributed by atoms with Crippen molar-refractivity contribution in [3.8, 4) is 0 Å². The molecular weight excluding hydrogens is 318 g/mol. The Morgan fingerprint density at radius 1 is 1.29 bits per heavy atom. The van der Waals surface area contributed by atoms with Gasteiger partial charge in [-0.15, -0.1) is 11.3 Å². The molecule has 1 aromatic carbocycles. The van der Waals surface area contributed by atoms with E-state index in [1.807, 2.05) is 13.1 Å².